The fourth-order valence-corrected chi connectivity index (χ4v) is 3.59. The highest BCUT2D eigenvalue weighted by Gasteiger charge is 2.45. The van der Waals surface area contributed by atoms with Crippen LogP contribution in [0.15, 0.2) is 82.8 Å². The summed E-state index contributed by atoms with van der Waals surface area (Å²) in [5, 5.41) is 10.7. The number of carbonyl (C=O) groups is 2. The number of benzene rings is 1. The molecule has 0 bridgehead atoms. The lowest BCUT2D eigenvalue weighted by Crippen LogP contribution is -2.31. The van der Waals surface area contributed by atoms with Crippen molar-refractivity contribution in [1.82, 2.24) is 4.98 Å². The Morgan fingerprint density at radius 1 is 1.07 bits per heavy atom. The van der Waals surface area contributed by atoms with Gasteiger partial charge in [0.25, 0.3) is 5.91 Å². The number of carbonyl (C=O) groups excluding carboxylic acids is 2. The Morgan fingerprint density at radius 3 is 2.37 bits per heavy atom. The molecule has 0 aliphatic carbocycles. The van der Waals surface area contributed by atoms with Gasteiger partial charge in [-0.3, -0.25) is 14.5 Å². The standard InChI is InChI=1S/C24H22N2O4/c1-24(2,3)16-11-9-15(10-12-16)20-19(21(27)17-7-6-14-30-17)22(28)23(29)26(20)18-8-4-5-13-25-18/h4-14,20,28H,1-3H3/t20-/m1/s1. The molecular formula is C24H22N2O4. The van der Waals surface area contributed by atoms with E-state index in [0.29, 0.717) is 11.4 Å². The molecule has 1 aliphatic heterocycles. The molecule has 0 saturated carbocycles. The molecule has 0 saturated heterocycles. The van der Waals surface area contributed by atoms with Gasteiger partial charge in [0, 0.05) is 6.20 Å². The average molecular weight is 402 g/mol. The third-order valence-corrected chi connectivity index (χ3v) is 5.19. The van der Waals surface area contributed by atoms with Gasteiger partial charge in [0.2, 0.25) is 5.78 Å². The first kappa shape index (κ1) is 19.6. The predicted octanol–water partition coefficient (Wildman–Crippen LogP) is 4.76. The first-order valence-corrected chi connectivity index (χ1v) is 9.65. The number of aromatic nitrogens is 1. The molecule has 1 aromatic carbocycles. The molecule has 3 aromatic rings. The Kier molecular flexibility index (Phi) is 4.78. The van der Waals surface area contributed by atoms with Gasteiger partial charge < -0.3 is 9.52 Å². The highest BCUT2D eigenvalue weighted by Crippen LogP contribution is 2.41. The second kappa shape index (κ2) is 7.30. The fourth-order valence-electron chi connectivity index (χ4n) is 3.59. The van der Waals surface area contributed by atoms with E-state index in [1.54, 1.807) is 30.5 Å². The number of aliphatic hydroxyl groups excluding tert-OH is 1. The summed E-state index contributed by atoms with van der Waals surface area (Å²) in [6.45, 7) is 6.33. The van der Waals surface area contributed by atoms with Crippen LogP contribution in [0.3, 0.4) is 0 Å². The van der Waals surface area contributed by atoms with Gasteiger partial charge in [-0.15, -0.1) is 0 Å². The Labute approximate surface area is 174 Å². The summed E-state index contributed by atoms with van der Waals surface area (Å²) in [4.78, 5) is 31.7. The molecule has 1 atom stereocenters. The maximum Gasteiger partial charge on any atom is 0.295 e. The Bertz CT molecular complexity index is 1110. The predicted molar refractivity (Wildman–Crippen MR) is 112 cm³/mol. The normalized spacial score (nSPS) is 17.0. The van der Waals surface area contributed by atoms with Crippen LogP contribution in [0.4, 0.5) is 5.82 Å². The summed E-state index contributed by atoms with van der Waals surface area (Å²) in [7, 11) is 0. The summed E-state index contributed by atoms with van der Waals surface area (Å²) < 4.78 is 5.24. The summed E-state index contributed by atoms with van der Waals surface area (Å²) >= 11 is 0. The first-order chi connectivity index (χ1) is 14.3. The van der Waals surface area contributed by atoms with Crippen LogP contribution in [0.25, 0.3) is 0 Å². The van der Waals surface area contributed by atoms with Crippen molar-refractivity contribution in [2.75, 3.05) is 4.90 Å². The molecule has 152 valence electrons. The van der Waals surface area contributed by atoms with Crippen LogP contribution in [0.1, 0.15) is 48.5 Å². The van der Waals surface area contributed by atoms with E-state index in [9.17, 15) is 14.7 Å². The van der Waals surface area contributed by atoms with E-state index in [-0.39, 0.29) is 16.7 Å². The molecule has 0 unspecified atom stereocenters. The molecular weight excluding hydrogens is 380 g/mol. The highest BCUT2D eigenvalue weighted by atomic mass is 16.3. The van der Waals surface area contributed by atoms with Crippen molar-refractivity contribution in [3.8, 4) is 0 Å². The van der Waals surface area contributed by atoms with Gasteiger partial charge in [-0.05, 0) is 40.8 Å². The van der Waals surface area contributed by atoms with E-state index >= 15 is 0 Å². The van der Waals surface area contributed by atoms with E-state index in [2.05, 4.69) is 25.8 Å². The summed E-state index contributed by atoms with van der Waals surface area (Å²) in [5.41, 5.74) is 1.74. The van der Waals surface area contributed by atoms with Crippen molar-refractivity contribution in [1.29, 1.82) is 0 Å². The zero-order valence-electron chi connectivity index (χ0n) is 17.0. The molecule has 30 heavy (non-hydrogen) atoms. The van der Waals surface area contributed by atoms with E-state index in [1.807, 2.05) is 24.3 Å². The average Bonchev–Trinajstić information content (AvgIpc) is 3.35. The number of amides is 1. The molecule has 1 amide bonds. The van der Waals surface area contributed by atoms with Gasteiger partial charge in [-0.25, -0.2) is 4.98 Å². The van der Waals surface area contributed by atoms with Gasteiger partial charge in [0.15, 0.2) is 11.5 Å². The SMILES string of the molecule is CC(C)(C)c1ccc([C@@H]2C(C(=O)c3ccco3)=C(O)C(=O)N2c2ccccn2)cc1. The monoisotopic (exact) mass is 402 g/mol. The Morgan fingerprint density at radius 2 is 1.80 bits per heavy atom. The molecule has 6 heteroatoms. The van der Waals surface area contributed by atoms with Crippen LogP contribution in [0.2, 0.25) is 0 Å². The number of aliphatic hydroxyl groups is 1. The molecule has 1 N–H and O–H groups in total. The molecule has 1 aliphatic rings. The number of ketones is 1. The third-order valence-electron chi connectivity index (χ3n) is 5.19. The van der Waals surface area contributed by atoms with Crippen LogP contribution in [0, 0.1) is 0 Å². The number of pyridine rings is 1. The topological polar surface area (TPSA) is 83.6 Å². The summed E-state index contributed by atoms with van der Waals surface area (Å²) in [5.74, 6) is -1.39. The van der Waals surface area contributed by atoms with Crippen molar-refractivity contribution >= 4 is 17.5 Å². The minimum Gasteiger partial charge on any atom is -0.503 e. The number of hydrogen-bond donors (Lipinski definition) is 1. The van der Waals surface area contributed by atoms with Gasteiger partial charge in [-0.2, -0.15) is 0 Å². The molecule has 0 radical (unpaired) electrons. The second-order valence-corrected chi connectivity index (χ2v) is 8.21. The number of furan rings is 1. The lowest BCUT2D eigenvalue weighted by atomic mass is 9.85. The maximum atomic E-state index is 13.1. The molecule has 2 aromatic heterocycles. The lowest BCUT2D eigenvalue weighted by Gasteiger charge is -2.26. The molecule has 3 heterocycles. The smallest absolute Gasteiger partial charge is 0.295 e. The number of rotatable bonds is 4. The molecule has 0 fully saturated rings. The van der Waals surface area contributed by atoms with Gasteiger partial charge >= 0.3 is 0 Å². The fraction of sp³-hybridized carbons (Fsp3) is 0.208. The van der Waals surface area contributed by atoms with Gasteiger partial charge in [0.1, 0.15) is 5.82 Å². The highest BCUT2D eigenvalue weighted by molar-refractivity contribution is 6.19. The number of Topliss-reactive ketones (excluding diaryl/α,β-unsaturated/α-hetero) is 1. The Balaban J connectivity index is 1.86. The zero-order valence-corrected chi connectivity index (χ0v) is 17.0. The van der Waals surface area contributed by atoms with Crippen LogP contribution in [-0.2, 0) is 10.2 Å². The zero-order chi connectivity index (χ0) is 21.5. The minimum absolute atomic E-state index is 0.0240. The quantitative estimate of drug-likeness (QED) is 0.637. The molecule has 4 rings (SSSR count). The van der Waals surface area contributed by atoms with Crippen LogP contribution in [0.5, 0.6) is 0 Å². The second-order valence-electron chi connectivity index (χ2n) is 8.21. The van der Waals surface area contributed by atoms with Crippen molar-refractivity contribution in [2.24, 2.45) is 0 Å². The van der Waals surface area contributed by atoms with Crippen LogP contribution in [-0.4, -0.2) is 21.8 Å². The number of anilines is 1. The van der Waals surface area contributed by atoms with E-state index in [0.717, 1.165) is 5.56 Å². The number of hydrogen-bond acceptors (Lipinski definition) is 5. The molecule has 0 spiro atoms. The van der Waals surface area contributed by atoms with Gasteiger partial charge in [-0.1, -0.05) is 51.1 Å². The van der Waals surface area contributed by atoms with Crippen molar-refractivity contribution in [3.63, 3.8) is 0 Å². The van der Waals surface area contributed by atoms with E-state index in [1.165, 1.54) is 17.2 Å². The summed E-state index contributed by atoms with van der Waals surface area (Å²) in [6, 6.07) is 15.1. The van der Waals surface area contributed by atoms with Gasteiger partial charge in [0.05, 0.1) is 17.9 Å². The maximum absolute atomic E-state index is 13.1. The lowest BCUT2D eigenvalue weighted by molar-refractivity contribution is -0.117. The van der Waals surface area contributed by atoms with Crippen molar-refractivity contribution in [3.05, 3.63) is 95.3 Å². The van der Waals surface area contributed by atoms with Crippen molar-refractivity contribution < 1.29 is 19.1 Å². The van der Waals surface area contributed by atoms with Crippen molar-refractivity contribution in [2.45, 2.75) is 32.2 Å². The van der Waals surface area contributed by atoms with E-state index < -0.39 is 23.5 Å². The van der Waals surface area contributed by atoms with Crippen LogP contribution >= 0.6 is 0 Å². The summed E-state index contributed by atoms with van der Waals surface area (Å²) in [6.07, 6.45) is 2.94. The third kappa shape index (κ3) is 3.30. The Hall–Kier alpha value is -3.67. The number of nitrogens with zero attached hydrogens (tertiary/aromatic N) is 2. The largest absolute Gasteiger partial charge is 0.503 e. The first-order valence-electron chi connectivity index (χ1n) is 9.65. The minimum atomic E-state index is -0.820. The molecule has 6 nitrogen and oxygen atoms in total. The van der Waals surface area contributed by atoms with E-state index in [4.69, 9.17) is 4.42 Å². The van der Waals surface area contributed by atoms with Crippen LogP contribution < -0.4 is 4.90 Å².